The highest BCUT2D eigenvalue weighted by atomic mass is 32.2. The van der Waals surface area contributed by atoms with Crippen molar-refractivity contribution in [2.24, 2.45) is 5.41 Å². The van der Waals surface area contributed by atoms with E-state index in [1.54, 1.807) is 0 Å². The summed E-state index contributed by atoms with van der Waals surface area (Å²) >= 11 is 1.26. The fourth-order valence-electron chi connectivity index (χ4n) is 3.94. The SMILES string of the molecule is CC(C)(CNC(=O)OCC1c2ccccc2-c2ccccc21)CC(=O)NCCSCC(=O)O. The maximum Gasteiger partial charge on any atom is 0.407 e. The Balaban J connectivity index is 1.43. The summed E-state index contributed by atoms with van der Waals surface area (Å²) in [7, 11) is 0. The number of alkyl carbamates (subject to hydrolysis) is 1. The minimum absolute atomic E-state index is 0.000866. The molecule has 0 radical (unpaired) electrons. The van der Waals surface area contributed by atoms with Crippen molar-refractivity contribution in [3.63, 3.8) is 0 Å². The first-order valence-electron chi connectivity index (χ1n) is 10.9. The van der Waals surface area contributed by atoms with Crippen LogP contribution in [-0.2, 0) is 14.3 Å². The number of benzene rings is 2. The summed E-state index contributed by atoms with van der Waals surface area (Å²) in [6, 6.07) is 16.3. The summed E-state index contributed by atoms with van der Waals surface area (Å²) in [4.78, 5) is 35.0. The standard InChI is InChI=1S/C25H30N2O5S/c1-25(2,13-22(28)26-11-12-33-15-23(29)30)16-27-24(31)32-14-21-19-9-5-3-7-17(19)18-8-4-6-10-20(18)21/h3-10,21H,11-16H2,1-2H3,(H,26,28)(H,27,31)(H,29,30). The number of carbonyl (C=O) groups excluding carboxylic acids is 2. The molecule has 176 valence electrons. The van der Waals surface area contributed by atoms with Crippen LogP contribution in [0.2, 0.25) is 0 Å². The van der Waals surface area contributed by atoms with Crippen LogP contribution < -0.4 is 10.6 Å². The van der Waals surface area contributed by atoms with Gasteiger partial charge in [0, 0.05) is 31.2 Å². The lowest BCUT2D eigenvalue weighted by Gasteiger charge is -2.24. The Bertz CT molecular complexity index is 962. The molecule has 33 heavy (non-hydrogen) atoms. The normalized spacial score (nSPS) is 12.5. The average Bonchev–Trinajstić information content (AvgIpc) is 3.09. The van der Waals surface area contributed by atoms with E-state index >= 15 is 0 Å². The second kappa shape index (κ2) is 11.2. The van der Waals surface area contributed by atoms with E-state index in [9.17, 15) is 14.4 Å². The zero-order valence-electron chi connectivity index (χ0n) is 18.9. The molecule has 7 nitrogen and oxygen atoms in total. The van der Waals surface area contributed by atoms with Crippen LogP contribution in [0.1, 0.15) is 37.3 Å². The van der Waals surface area contributed by atoms with E-state index in [4.69, 9.17) is 9.84 Å². The monoisotopic (exact) mass is 470 g/mol. The molecule has 0 saturated carbocycles. The summed E-state index contributed by atoms with van der Waals surface area (Å²) in [5.41, 5.74) is 4.21. The molecule has 0 unspecified atom stereocenters. The number of carboxylic acid groups (broad SMARTS) is 1. The molecule has 3 N–H and O–H groups in total. The second-order valence-electron chi connectivity index (χ2n) is 8.82. The Hall–Kier alpha value is -3.00. The first-order chi connectivity index (χ1) is 15.8. The summed E-state index contributed by atoms with van der Waals surface area (Å²) < 4.78 is 5.55. The molecule has 0 fully saturated rings. The Morgan fingerprint density at radius 3 is 2.21 bits per heavy atom. The Morgan fingerprint density at radius 2 is 1.61 bits per heavy atom. The summed E-state index contributed by atoms with van der Waals surface area (Å²) in [6.07, 6.45) is -0.268. The van der Waals surface area contributed by atoms with Crippen LogP contribution in [0.15, 0.2) is 48.5 Å². The van der Waals surface area contributed by atoms with Crippen LogP contribution in [0.25, 0.3) is 11.1 Å². The predicted octanol–water partition coefficient (Wildman–Crippen LogP) is 3.88. The number of hydrogen-bond donors (Lipinski definition) is 3. The molecule has 1 aliphatic carbocycles. The molecule has 3 rings (SSSR count). The number of ether oxygens (including phenoxy) is 1. The minimum atomic E-state index is -0.869. The number of aliphatic carboxylic acids is 1. The van der Waals surface area contributed by atoms with Gasteiger partial charge in [-0.05, 0) is 27.7 Å². The van der Waals surface area contributed by atoms with E-state index in [2.05, 4.69) is 34.9 Å². The highest BCUT2D eigenvalue weighted by molar-refractivity contribution is 7.99. The molecule has 2 aromatic rings. The first kappa shape index (κ1) is 24.6. The van der Waals surface area contributed by atoms with Gasteiger partial charge in [-0.3, -0.25) is 9.59 Å². The van der Waals surface area contributed by atoms with Crippen molar-refractivity contribution in [2.75, 3.05) is 31.2 Å². The maximum atomic E-state index is 12.4. The lowest BCUT2D eigenvalue weighted by Crippen LogP contribution is -2.38. The Kier molecular flexibility index (Phi) is 8.38. The summed E-state index contributed by atoms with van der Waals surface area (Å²) in [5, 5.41) is 14.2. The molecule has 0 heterocycles. The smallest absolute Gasteiger partial charge is 0.407 e. The molecular formula is C25H30N2O5S. The van der Waals surface area contributed by atoms with Gasteiger partial charge in [-0.1, -0.05) is 62.4 Å². The van der Waals surface area contributed by atoms with Crippen LogP contribution in [0.3, 0.4) is 0 Å². The lowest BCUT2D eigenvalue weighted by molar-refractivity contribution is -0.134. The lowest BCUT2D eigenvalue weighted by atomic mass is 9.89. The molecule has 1 aliphatic rings. The highest BCUT2D eigenvalue weighted by Crippen LogP contribution is 2.44. The van der Waals surface area contributed by atoms with Crippen molar-refractivity contribution in [3.05, 3.63) is 59.7 Å². The zero-order valence-corrected chi connectivity index (χ0v) is 19.7. The number of carboxylic acids is 1. The van der Waals surface area contributed by atoms with Gasteiger partial charge in [-0.15, -0.1) is 11.8 Å². The zero-order chi connectivity index (χ0) is 23.8. The van der Waals surface area contributed by atoms with Crippen LogP contribution >= 0.6 is 11.8 Å². The summed E-state index contributed by atoms with van der Waals surface area (Å²) in [6.45, 7) is 4.75. The van der Waals surface area contributed by atoms with Gasteiger partial charge in [0.25, 0.3) is 0 Å². The van der Waals surface area contributed by atoms with Crippen molar-refractivity contribution in [1.29, 1.82) is 0 Å². The van der Waals surface area contributed by atoms with Gasteiger partial charge in [0.1, 0.15) is 6.61 Å². The van der Waals surface area contributed by atoms with E-state index in [0.717, 1.165) is 11.1 Å². The van der Waals surface area contributed by atoms with Gasteiger partial charge in [0.15, 0.2) is 0 Å². The van der Waals surface area contributed by atoms with E-state index in [0.29, 0.717) is 18.8 Å². The van der Waals surface area contributed by atoms with Gasteiger partial charge in [-0.25, -0.2) is 4.79 Å². The number of rotatable bonds is 11. The van der Waals surface area contributed by atoms with Gasteiger partial charge < -0.3 is 20.5 Å². The number of carbonyl (C=O) groups is 3. The van der Waals surface area contributed by atoms with Crippen LogP contribution in [-0.4, -0.2) is 54.3 Å². The molecule has 0 aromatic heterocycles. The molecule has 2 amide bonds. The van der Waals surface area contributed by atoms with E-state index in [-0.39, 0.29) is 30.6 Å². The van der Waals surface area contributed by atoms with Gasteiger partial charge in [-0.2, -0.15) is 0 Å². The van der Waals surface area contributed by atoms with Crippen molar-refractivity contribution >= 4 is 29.7 Å². The molecular weight excluding hydrogens is 440 g/mol. The topological polar surface area (TPSA) is 105 Å². The van der Waals surface area contributed by atoms with Gasteiger partial charge >= 0.3 is 12.1 Å². The first-order valence-corrected chi connectivity index (χ1v) is 12.1. The van der Waals surface area contributed by atoms with E-state index < -0.39 is 17.5 Å². The Morgan fingerprint density at radius 1 is 1.00 bits per heavy atom. The third-order valence-electron chi connectivity index (χ3n) is 5.49. The quantitative estimate of drug-likeness (QED) is 0.431. The molecule has 8 heteroatoms. The number of hydrogen-bond acceptors (Lipinski definition) is 5. The maximum absolute atomic E-state index is 12.4. The fourth-order valence-corrected chi connectivity index (χ4v) is 4.51. The predicted molar refractivity (Wildman–Crippen MR) is 129 cm³/mol. The van der Waals surface area contributed by atoms with Crippen molar-refractivity contribution in [1.82, 2.24) is 10.6 Å². The number of nitrogens with one attached hydrogen (secondary N) is 2. The van der Waals surface area contributed by atoms with E-state index in [1.165, 1.54) is 22.9 Å². The molecule has 0 atom stereocenters. The molecule has 0 saturated heterocycles. The van der Waals surface area contributed by atoms with E-state index in [1.807, 2.05) is 38.1 Å². The number of thioether (sulfide) groups is 1. The van der Waals surface area contributed by atoms with Crippen molar-refractivity contribution in [2.45, 2.75) is 26.2 Å². The third kappa shape index (κ3) is 6.99. The highest BCUT2D eigenvalue weighted by Gasteiger charge is 2.29. The fraction of sp³-hybridized carbons (Fsp3) is 0.400. The molecule has 0 spiro atoms. The van der Waals surface area contributed by atoms with Crippen molar-refractivity contribution in [3.8, 4) is 11.1 Å². The largest absolute Gasteiger partial charge is 0.481 e. The average molecular weight is 471 g/mol. The molecule has 2 aromatic carbocycles. The minimum Gasteiger partial charge on any atom is -0.481 e. The molecule has 0 aliphatic heterocycles. The van der Waals surface area contributed by atoms with Crippen LogP contribution in [0, 0.1) is 5.41 Å². The number of fused-ring (bicyclic) bond motifs is 3. The van der Waals surface area contributed by atoms with Crippen molar-refractivity contribution < 1.29 is 24.2 Å². The second-order valence-corrected chi connectivity index (χ2v) is 9.92. The Labute approximate surface area is 198 Å². The third-order valence-corrected chi connectivity index (χ3v) is 6.43. The van der Waals surface area contributed by atoms with Gasteiger partial charge in [0.05, 0.1) is 5.75 Å². The summed E-state index contributed by atoms with van der Waals surface area (Å²) in [5.74, 6) is -0.444. The van der Waals surface area contributed by atoms with Crippen LogP contribution in [0.4, 0.5) is 4.79 Å². The van der Waals surface area contributed by atoms with Crippen LogP contribution in [0.5, 0.6) is 0 Å². The van der Waals surface area contributed by atoms with Gasteiger partial charge in [0.2, 0.25) is 5.91 Å². The molecule has 0 bridgehead atoms. The number of amides is 2.